The van der Waals surface area contributed by atoms with Gasteiger partial charge in [0.1, 0.15) is 0 Å². The third kappa shape index (κ3) is 3.20. The van der Waals surface area contributed by atoms with Crippen LogP contribution < -0.4 is 15.5 Å². The Morgan fingerprint density at radius 2 is 1.82 bits per heavy atom. The van der Waals surface area contributed by atoms with E-state index >= 15 is 0 Å². The molecule has 0 saturated heterocycles. The molecule has 0 heterocycles. The van der Waals surface area contributed by atoms with Crippen LogP contribution in [0.5, 0.6) is 0 Å². The van der Waals surface area contributed by atoms with Gasteiger partial charge in [0.25, 0.3) is 0 Å². The Kier molecular flexibility index (Phi) is 4.12. The Morgan fingerprint density at radius 1 is 1.24 bits per heavy atom. The molecule has 0 spiro atoms. The third-order valence-corrected chi connectivity index (χ3v) is 2.83. The Morgan fingerprint density at radius 3 is 2.35 bits per heavy atom. The molecule has 0 aliphatic heterocycles. The van der Waals surface area contributed by atoms with E-state index in [1.807, 2.05) is 57.1 Å². The van der Waals surface area contributed by atoms with Gasteiger partial charge in [-0.3, -0.25) is 4.79 Å². The molecule has 1 aromatic carbocycles. The lowest BCUT2D eigenvalue weighted by atomic mass is 10.0. The Balaban J connectivity index is 2.93. The van der Waals surface area contributed by atoms with Gasteiger partial charge in [-0.2, -0.15) is 0 Å². The average molecular weight is 235 g/mol. The van der Waals surface area contributed by atoms with E-state index in [0.29, 0.717) is 0 Å². The lowest BCUT2D eigenvalue weighted by molar-refractivity contribution is -0.121. The van der Waals surface area contributed by atoms with Crippen LogP contribution in [0.15, 0.2) is 24.3 Å². The second-order valence-electron chi connectivity index (χ2n) is 4.74. The summed E-state index contributed by atoms with van der Waals surface area (Å²) in [4.78, 5) is 14.0. The Hall–Kier alpha value is -1.55. The van der Waals surface area contributed by atoms with Gasteiger partial charge in [0, 0.05) is 14.1 Å². The quantitative estimate of drug-likeness (QED) is 0.834. The minimum Gasteiger partial charge on any atom is -0.376 e. The zero-order valence-electron chi connectivity index (χ0n) is 11.2. The second kappa shape index (κ2) is 5.19. The highest BCUT2D eigenvalue weighted by atomic mass is 16.2. The molecule has 0 saturated carbocycles. The van der Waals surface area contributed by atoms with Gasteiger partial charge in [-0.1, -0.05) is 12.1 Å². The van der Waals surface area contributed by atoms with Gasteiger partial charge < -0.3 is 15.5 Å². The number of anilines is 2. The first-order valence-electron chi connectivity index (χ1n) is 5.65. The number of hydrogen-bond acceptors (Lipinski definition) is 3. The fourth-order valence-electron chi connectivity index (χ4n) is 1.36. The zero-order valence-corrected chi connectivity index (χ0v) is 11.2. The molecule has 0 radical (unpaired) electrons. The summed E-state index contributed by atoms with van der Waals surface area (Å²) in [5, 5.41) is 5.92. The number of nitrogens with zero attached hydrogens (tertiary/aromatic N) is 1. The highest BCUT2D eigenvalue weighted by Gasteiger charge is 2.25. The minimum atomic E-state index is -0.584. The van der Waals surface area contributed by atoms with Crippen molar-refractivity contribution in [3.63, 3.8) is 0 Å². The highest BCUT2D eigenvalue weighted by molar-refractivity contribution is 5.99. The van der Waals surface area contributed by atoms with Crippen LogP contribution in [-0.4, -0.2) is 32.6 Å². The zero-order chi connectivity index (χ0) is 13.1. The molecule has 1 rings (SSSR count). The summed E-state index contributed by atoms with van der Waals surface area (Å²) in [5.41, 5.74) is 1.23. The number of para-hydroxylation sites is 2. The molecule has 0 bridgehead atoms. The minimum absolute atomic E-state index is 0.0469. The number of rotatable bonds is 4. The monoisotopic (exact) mass is 235 g/mol. The maximum Gasteiger partial charge on any atom is 0.244 e. The van der Waals surface area contributed by atoms with Gasteiger partial charge >= 0.3 is 0 Å². The van der Waals surface area contributed by atoms with Gasteiger partial charge in [0.15, 0.2) is 0 Å². The van der Waals surface area contributed by atoms with Crippen molar-refractivity contribution in [3.05, 3.63) is 24.3 Å². The van der Waals surface area contributed by atoms with E-state index in [4.69, 9.17) is 0 Å². The molecule has 1 amide bonds. The van der Waals surface area contributed by atoms with Crippen molar-refractivity contribution < 1.29 is 4.79 Å². The van der Waals surface area contributed by atoms with Crippen molar-refractivity contribution in [3.8, 4) is 0 Å². The van der Waals surface area contributed by atoms with Crippen molar-refractivity contribution in [1.29, 1.82) is 0 Å². The predicted molar refractivity (Wildman–Crippen MR) is 72.5 cm³/mol. The smallest absolute Gasteiger partial charge is 0.244 e. The molecule has 4 heteroatoms. The van der Waals surface area contributed by atoms with E-state index in [2.05, 4.69) is 10.6 Å². The first-order valence-corrected chi connectivity index (χ1v) is 5.65. The summed E-state index contributed by atoms with van der Waals surface area (Å²) in [7, 11) is 5.68. The van der Waals surface area contributed by atoms with Crippen LogP contribution in [0, 0.1) is 0 Å². The molecule has 0 unspecified atom stereocenters. The molecule has 0 aromatic heterocycles. The summed E-state index contributed by atoms with van der Waals surface area (Å²) >= 11 is 0. The van der Waals surface area contributed by atoms with Crippen LogP contribution in [0.3, 0.4) is 0 Å². The lowest BCUT2D eigenvalue weighted by Gasteiger charge is -2.25. The van der Waals surface area contributed by atoms with Crippen LogP contribution in [-0.2, 0) is 4.79 Å². The van der Waals surface area contributed by atoms with Crippen molar-refractivity contribution in [2.45, 2.75) is 19.4 Å². The summed E-state index contributed by atoms with van der Waals surface area (Å²) in [6.45, 7) is 3.70. The maximum atomic E-state index is 12.0. The number of carbonyl (C=O) groups is 1. The van der Waals surface area contributed by atoms with Gasteiger partial charge in [0.2, 0.25) is 5.91 Å². The molecule has 0 atom stereocenters. The number of nitrogens with one attached hydrogen (secondary N) is 2. The van der Waals surface area contributed by atoms with E-state index in [1.165, 1.54) is 0 Å². The first kappa shape index (κ1) is 13.5. The Labute approximate surface area is 103 Å². The normalized spacial score (nSPS) is 11.1. The van der Waals surface area contributed by atoms with Gasteiger partial charge in [-0.05, 0) is 33.0 Å². The topological polar surface area (TPSA) is 44.4 Å². The summed E-state index contributed by atoms with van der Waals surface area (Å²) in [5.74, 6) is -0.0469. The predicted octanol–water partition coefficient (Wildman–Crippen LogP) is 1.69. The van der Waals surface area contributed by atoms with E-state index in [0.717, 1.165) is 11.4 Å². The summed E-state index contributed by atoms with van der Waals surface area (Å²) in [6, 6.07) is 7.74. The molecular formula is C13H21N3O. The highest BCUT2D eigenvalue weighted by Crippen LogP contribution is 2.24. The molecule has 0 aliphatic carbocycles. The molecular weight excluding hydrogens is 214 g/mol. The molecule has 1 aromatic rings. The molecule has 17 heavy (non-hydrogen) atoms. The molecule has 2 N–H and O–H groups in total. The molecule has 0 aliphatic rings. The fraction of sp³-hybridized carbons (Fsp3) is 0.462. The number of carbonyl (C=O) groups excluding carboxylic acids is 1. The first-order chi connectivity index (χ1) is 7.88. The van der Waals surface area contributed by atoms with E-state index in [1.54, 1.807) is 7.05 Å². The molecule has 0 fully saturated rings. The summed E-state index contributed by atoms with van der Waals surface area (Å²) in [6.07, 6.45) is 0. The lowest BCUT2D eigenvalue weighted by Crippen LogP contribution is -2.48. The van der Waals surface area contributed by atoms with Crippen LogP contribution in [0.1, 0.15) is 13.8 Å². The van der Waals surface area contributed by atoms with Crippen molar-refractivity contribution >= 4 is 17.3 Å². The van der Waals surface area contributed by atoms with Crippen LogP contribution in [0.25, 0.3) is 0 Å². The average Bonchev–Trinajstić information content (AvgIpc) is 2.29. The molecule has 4 nitrogen and oxygen atoms in total. The maximum absolute atomic E-state index is 12.0. The van der Waals surface area contributed by atoms with Crippen LogP contribution in [0.4, 0.5) is 11.4 Å². The van der Waals surface area contributed by atoms with Crippen LogP contribution in [0.2, 0.25) is 0 Å². The second-order valence-corrected chi connectivity index (χ2v) is 4.74. The van der Waals surface area contributed by atoms with Gasteiger partial charge in [-0.15, -0.1) is 0 Å². The van der Waals surface area contributed by atoms with Gasteiger partial charge in [-0.25, -0.2) is 0 Å². The number of benzene rings is 1. The van der Waals surface area contributed by atoms with Crippen molar-refractivity contribution in [1.82, 2.24) is 5.32 Å². The number of amides is 1. The number of hydrogen-bond donors (Lipinski definition) is 2. The molecule has 94 valence electrons. The Bertz CT molecular complexity index is 399. The van der Waals surface area contributed by atoms with E-state index < -0.39 is 5.54 Å². The standard InChI is InChI=1S/C13H21N3O/c1-13(2,14-3)12(17)15-10-8-6-7-9-11(10)16(4)5/h6-9,14H,1-5H3,(H,15,17). The van der Waals surface area contributed by atoms with Gasteiger partial charge in [0.05, 0.1) is 16.9 Å². The van der Waals surface area contributed by atoms with Crippen molar-refractivity contribution in [2.75, 3.05) is 31.4 Å². The third-order valence-electron chi connectivity index (χ3n) is 2.83. The fourth-order valence-corrected chi connectivity index (χ4v) is 1.36. The van der Waals surface area contributed by atoms with E-state index in [-0.39, 0.29) is 5.91 Å². The van der Waals surface area contributed by atoms with E-state index in [9.17, 15) is 4.79 Å². The van der Waals surface area contributed by atoms with Crippen molar-refractivity contribution in [2.24, 2.45) is 0 Å². The largest absolute Gasteiger partial charge is 0.376 e. The van der Waals surface area contributed by atoms with Crippen LogP contribution >= 0.6 is 0 Å². The number of likely N-dealkylation sites (N-methyl/N-ethyl adjacent to an activating group) is 1. The summed E-state index contributed by atoms with van der Waals surface area (Å²) < 4.78 is 0. The SMILES string of the molecule is CNC(C)(C)C(=O)Nc1ccccc1N(C)C.